The molecular formula is C14H16N4O2S. The second-order valence-electron chi connectivity index (χ2n) is 4.61. The summed E-state index contributed by atoms with van der Waals surface area (Å²) in [5, 5.41) is 5.10. The number of nitrogens with zero attached hydrogens (tertiary/aromatic N) is 1. The van der Waals surface area contributed by atoms with Gasteiger partial charge in [-0.15, -0.1) is 11.3 Å². The number of carbonyl (C=O) groups excluding carboxylic acids is 2. The van der Waals surface area contributed by atoms with Crippen LogP contribution in [0, 0.1) is 0 Å². The number of hydrogen-bond donors (Lipinski definition) is 3. The van der Waals surface area contributed by atoms with Gasteiger partial charge in [-0.3, -0.25) is 9.59 Å². The van der Waals surface area contributed by atoms with Crippen molar-refractivity contribution in [2.75, 3.05) is 5.32 Å². The van der Waals surface area contributed by atoms with Crippen LogP contribution < -0.4 is 16.8 Å². The van der Waals surface area contributed by atoms with Crippen LogP contribution in [0.5, 0.6) is 0 Å². The molecule has 0 fully saturated rings. The quantitative estimate of drug-likeness (QED) is 0.776. The van der Waals surface area contributed by atoms with Crippen molar-refractivity contribution in [2.24, 2.45) is 11.5 Å². The second kappa shape index (κ2) is 6.47. The number of benzene rings is 1. The van der Waals surface area contributed by atoms with E-state index in [0.717, 1.165) is 0 Å². The summed E-state index contributed by atoms with van der Waals surface area (Å²) in [6.45, 7) is 1.81. The number of nitrogens with two attached hydrogens (primary N) is 2. The van der Waals surface area contributed by atoms with Crippen LogP contribution >= 0.6 is 11.3 Å². The van der Waals surface area contributed by atoms with Gasteiger partial charge in [0.1, 0.15) is 10.7 Å². The fraction of sp³-hybridized carbons (Fsp3) is 0.214. The minimum Gasteiger partial charge on any atom is -0.369 e. The standard InChI is InChI=1S/C14H16N4O2S/c1-8(15)14-18-11(7-21-14)13(20)17-10-5-3-2-4-9(10)6-12(16)19/h2-5,7-8H,6,15H2,1H3,(H2,16,19)(H,17,20). The molecule has 6 nitrogen and oxygen atoms in total. The van der Waals surface area contributed by atoms with E-state index in [4.69, 9.17) is 11.5 Å². The van der Waals surface area contributed by atoms with Crippen molar-refractivity contribution in [2.45, 2.75) is 19.4 Å². The molecule has 110 valence electrons. The first kappa shape index (κ1) is 15.1. The van der Waals surface area contributed by atoms with Crippen LogP contribution in [0.4, 0.5) is 5.69 Å². The van der Waals surface area contributed by atoms with Crippen LogP contribution in [0.25, 0.3) is 0 Å². The Balaban J connectivity index is 2.17. The summed E-state index contributed by atoms with van der Waals surface area (Å²) in [5.41, 5.74) is 12.4. The minimum atomic E-state index is -0.454. The lowest BCUT2D eigenvalue weighted by molar-refractivity contribution is -0.117. The van der Waals surface area contributed by atoms with Crippen LogP contribution in [-0.4, -0.2) is 16.8 Å². The minimum absolute atomic E-state index is 0.0681. The third-order valence-corrected chi connectivity index (χ3v) is 3.82. The van der Waals surface area contributed by atoms with Gasteiger partial charge >= 0.3 is 0 Å². The fourth-order valence-electron chi connectivity index (χ4n) is 1.77. The van der Waals surface area contributed by atoms with Gasteiger partial charge in [0.25, 0.3) is 5.91 Å². The molecule has 0 aliphatic rings. The van der Waals surface area contributed by atoms with Gasteiger partial charge in [0.05, 0.1) is 12.5 Å². The Hall–Kier alpha value is -2.25. The SMILES string of the molecule is CC(N)c1nc(C(=O)Nc2ccccc2CC(N)=O)cs1. The zero-order chi connectivity index (χ0) is 15.4. The van der Waals surface area contributed by atoms with Crippen LogP contribution in [0.1, 0.15) is 34.0 Å². The van der Waals surface area contributed by atoms with Crippen molar-refractivity contribution in [1.82, 2.24) is 4.98 Å². The molecule has 7 heteroatoms. The van der Waals surface area contributed by atoms with Crippen LogP contribution in [0.2, 0.25) is 0 Å². The molecular weight excluding hydrogens is 288 g/mol. The molecule has 2 aromatic rings. The number of thiazole rings is 1. The molecule has 0 saturated carbocycles. The van der Waals surface area contributed by atoms with E-state index in [-0.39, 0.29) is 18.4 Å². The third-order valence-electron chi connectivity index (χ3n) is 2.77. The fourth-order valence-corrected chi connectivity index (χ4v) is 2.53. The van der Waals surface area contributed by atoms with Crippen molar-refractivity contribution in [3.05, 3.63) is 45.9 Å². The van der Waals surface area contributed by atoms with Crippen molar-refractivity contribution in [3.63, 3.8) is 0 Å². The maximum absolute atomic E-state index is 12.2. The summed E-state index contributed by atoms with van der Waals surface area (Å²) in [6.07, 6.45) is 0.0681. The van der Waals surface area contributed by atoms with Gasteiger partial charge in [0, 0.05) is 11.1 Å². The van der Waals surface area contributed by atoms with Crippen molar-refractivity contribution in [3.8, 4) is 0 Å². The lowest BCUT2D eigenvalue weighted by atomic mass is 10.1. The monoisotopic (exact) mass is 304 g/mol. The zero-order valence-corrected chi connectivity index (χ0v) is 12.3. The largest absolute Gasteiger partial charge is 0.369 e. The maximum atomic E-state index is 12.2. The number of hydrogen-bond acceptors (Lipinski definition) is 5. The molecule has 1 aromatic heterocycles. The van der Waals surface area contributed by atoms with E-state index < -0.39 is 5.91 Å². The Labute approximate surface area is 126 Å². The number of carbonyl (C=O) groups is 2. The Bertz CT molecular complexity index is 666. The first-order chi connectivity index (χ1) is 9.97. The van der Waals surface area contributed by atoms with Gasteiger partial charge in [0.2, 0.25) is 5.91 Å². The van der Waals surface area contributed by atoms with Gasteiger partial charge in [0.15, 0.2) is 0 Å². The van der Waals surface area contributed by atoms with Gasteiger partial charge in [-0.25, -0.2) is 4.98 Å². The van der Waals surface area contributed by atoms with E-state index >= 15 is 0 Å². The molecule has 1 aromatic carbocycles. The maximum Gasteiger partial charge on any atom is 0.275 e. The average molecular weight is 304 g/mol. The Morgan fingerprint density at radius 3 is 2.71 bits per heavy atom. The molecule has 0 saturated heterocycles. The third kappa shape index (κ3) is 3.87. The predicted octanol–water partition coefficient (Wildman–Crippen LogP) is 1.44. The summed E-state index contributed by atoms with van der Waals surface area (Å²) in [7, 11) is 0. The molecule has 21 heavy (non-hydrogen) atoms. The van der Waals surface area contributed by atoms with Crippen molar-refractivity contribution in [1.29, 1.82) is 0 Å². The molecule has 1 atom stereocenters. The highest BCUT2D eigenvalue weighted by atomic mass is 32.1. The Morgan fingerprint density at radius 1 is 1.38 bits per heavy atom. The topological polar surface area (TPSA) is 111 Å². The smallest absolute Gasteiger partial charge is 0.275 e. The first-order valence-electron chi connectivity index (χ1n) is 6.36. The molecule has 5 N–H and O–H groups in total. The molecule has 0 spiro atoms. The summed E-state index contributed by atoms with van der Waals surface area (Å²) in [4.78, 5) is 27.4. The lowest BCUT2D eigenvalue weighted by Gasteiger charge is -2.08. The Morgan fingerprint density at radius 2 is 2.10 bits per heavy atom. The molecule has 2 amide bonds. The normalized spacial score (nSPS) is 11.9. The summed E-state index contributed by atoms with van der Waals surface area (Å²) in [6, 6.07) is 6.81. The highest BCUT2D eigenvalue weighted by Gasteiger charge is 2.14. The van der Waals surface area contributed by atoms with E-state index in [0.29, 0.717) is 22.0 Å². The van der Waals surface area contributed by atoms with Crippen LogP contribution in [0.3, 0.4) is 0 Å². The van der Waals surface area contributed by atoms with Crippen LogP contribution in [-0.2, 0) is 11.2 Å². The van der Waals surface area contributed by atoms with E-state index in [9.17, 15) is 9.59 Å². The molecule has 0 aliphatic heterocycles. The number of amides is 2. The summed E-state index contributed by atoms with van der Waals surface area (Å²) >= 11 is 1.34. The summed E-state index contributed by atoms with van der Waals surface area (Å²) < 4.78 is 0. The van der Waals surface area contributed by atoms with Gasteiger partial charge in [-0.1, -0.05) is 18.2 Å². The highest BCUT2D eigenvalue weighted by molar-refractivity contribution is 7.09. The van der Waals surface area contributed by atoms with Gasteiger partial charge < -0.3 is 16.8 Å². The number of para-hydroxylation sites is 1. The number of nitrogens with one attached hydrogen (secondary N) is 1. The molecule has 0 aliphatic carbocycles. The number of aromatic nitrogens is 1. The first-order valence-corrected chi connectivity index (χ1v) is 7.24. The van der Waals surface area contributed by atoms with Crippen LogP contribution in [0.15, 0.2) is 29.6 Å². The molecule has 1 heterocycles. The summed E-state index contributed by atoms with van der Waals surface area (Å²) in [5.74, 6) is -0.792. The van der Waals surface area contributed by atoms with E-state index in [2.05, 4.69) is 10.3 Å². The molecule has 0 bridgehead atoms. The lowest BCUT2D eigenvalue weighted by Crippen LogP contribution is -2.18. The zero-order valence-electron chi connectivity index (χ0n) is 11.5. The highest BCUT2D eigenvalue weighted by Crippen LogP contribution is 2.19. The average Bonchev–Trinajstić information content (AvgIpc) is 2.90. The second-order valence-corrected chi connectivity index (χ2v) is 5.50. The van der Waals surface area contributed by atoms with Gasteiger partial charge in [-0.2, -0.15) is 0 Å². The van der Waals surface area contributed by atoms with Crippen molar-refractivity contribution >= 4 is 28.8 Å². The van der Waals surface area contributed by atoms with Gasteiger partial charge in [-0.05, 0) is 18.6 Å². The van der Waals surface area contributed by atoms with E-state index in [1.807, 2.05) is 6.92 Å². The molecule has 0 radical (unpaired) electrons. The number of primary amides is 1. The predicted molar refractivity (Wildman–Crippen MR) is 82.0 cm³/mol. The molecule has 2 rings (SSSR count). The van der Waals surface area contributed by atoms with E-state index in [1.165, 1.54) is 11.3 Å². The Kier molecular flexibility index (Phi) is 4.66. The molecule has 1 unspecified atom stereocenters. The number of anilines is 1. The number of rotatable bonds is 5. The van der Waals surface area contributed by atoms with E-state index in [1.54, 1.807) is 29.6 Å². The van der Waals surface area contributed by atoms with Crippen molar-refractivity contribution < 1.29 is 9.59 Å².